The van der Waals surface area contributed by atoms with E-state index in [1.165, 1.54) is 6.07 Å². The van der Waals surface area contributed by atoms with Gasteiger partial charge in [0.1, 0.15) is 11.9 Å². The molecule has 0 bridgehead atoms. The summed E-state index contributed by atoms with van der Waals surface area (Å²) >= 11 is 0. The fourth-order valence-electron chi connectivity index (χ4n) is 2.17. The van der Waals surface area contributed by atoms with Crippen molar-refractivity contribution in [1.82, 2.24) is 4.98 Å². The van der Waals surface area contributed by atoms with E-state index < -0.39 is 23.5 Å². The number of aromatic nitrogens is 1. The van der Waals surface area contributed by atoms with Crippen LogP contribution in [0.4, 0.5) is 18.9 Å². The van der Waals surface area contributed by atoms with E-state index in [9.17, 15) is 13.2 Å². The molecule has 23 heavy (non-hydrogen) atoms. The predicted octanol–water partition coefficient (Wildman–Crippen LogP) is 5.57. The second-order valence-corrected chi connectivity index (χ2v) is 4.94. The van der Waals surface area contributed by atoms with Crippen LogP contribution < -0.4 is 4.74 Å². The number of hydrogen-bond donors (Lipinski definition) is 0. The Morgan fingerprint density at radius 3 is 2.61 bits per heavy atom. The van der Waals surface area contributed by atoms with Crippen molar-refractivity contribution in [1.29, 1.82) is 0 Å². The molecule has 0 aliphatic rings. The number of ether oxygens (including phenoxy) is 1. The van der Waals surface area contributed by atoms with Crippen LogP contribution >= 0.6 is 0 Å². The predicted molar refractivity (Wildman–Crippen MR) is 80.2 cm³/mol. The number of rotatable bonds is 5. The molecule has 1 heterocycles. The molecule has 1 unspecified atom stereocenters. The minimum atomic E-state index is -4.59. The summed E-state index contributed by atoms with van der Waals surface area (Å²) in [4.78, 5) is 7.12. The number of pyridine rings is 1. The first-order chi connectivity index (χ1) is 11.0. The fraction of sp³-hybridized carbons (Fsp3) is 0.294. The lowest BCUT2D eigenvalue weighted by atomic mass is 10.1. The first-order valence-corrected chi connectivity index (χ1v) is 7.12. The molecule has 0 spiro atoms. The van der Waals surface area contributed by atoms with Crippen LogP contribution in [0.2, 0.25) is 0 Å². The first-order valence-electron chi connectivity index (χ1n) is 7.12. The fourth-order valence-corrected chi connectivity index (χ4v) is 2.17. The van der Waals surface area contributed by atoms with Crippen molar-refractivity contribution >= 4 is 5.69 Å². The van der Waals surface area contributed by atoms with E-state index in [1.807, 2.05) is 6.92 Å². The number of alkyl halides is 3. The second-order valence-electron chi connectivity index (χ2n) is 4.94. The molecule has 0 amide bonds. The average Bonchev–Trinajstić information content (AvgIpc) is 2.54. The van der Waals surface area contributed by atoms with Gasteiger partial charge in [-0.15, -0.1) is 0 Å². The highest BCUT2D eigenvalue weighted by Gasteiger charge is 2.34. The third-order valence-electron chi connectivity index (χ3n) is 3.24. The maximum atomic E-state index is 13.0. The highest BCUT2D eigenvalue weighted by atomic mass is 19.4. The topological polar surface area (TPSA) is 26.5 Å². The summed E-state index contributed by atoms with van der Waals surface area (Å²) in [6.45, 7) is 8.81. The van der Waals surface area contributed by atoms with Gasteiger partial charge in [-0.25, -0.2) is 4.85 Å². The van der Waals surface area contributed by atoms with Crippen molar-refractivity contribution in [2.75, 3.05) is 0 Å². The minimum Gasteiger partial charge on any atom is -0.484 e. The molecule has 1 aromatic carbocycles. The SMILES string of the molecule is [C-]#[N+]c1ccc(OC(CCC)c2ccccn2)cc1C(F)(F)F. The summed E-state index contributed by atoms with van der Waals surface area (Å²) in [5, 5.41) is 0. The van der Waals surface area contributed by atoms with Crippen LogP contribution in [0.1, 0.15) is 37.1 Å². The van der Waals surface area contributed by atoms with Crippen LogP contribution in [-0.2, 0) is 6.18 Å². The normalized spacial score (nSPS) is 12.5. The zero-order valence-corrected chi connectivity index (χ0v) is 12.5. The molecule has 2 rings (SSSR count). The lowest BCUT2D eigenvalue weighted by molar-refractivity contribution is -0.137. The molecule has 1 aromatic heterocycles. The molecule has 0 saturated heterocycles. The first kappa shape index (κ1) is 16.8. The second kappa shape index (κ2) is 7.14. The maximum absolute atomic E-state index is 13.0. The highest BCUT2D eigenvalue weighted by molar-refractivity contribution is 5.56. The Balaban J connectivity index is 2.33. The lowest BCUT2D eigenvalue weighted by Crippen LogP contribution is -2.10. The van der Waals surface area contributed by atoms with Crippen molar-refractivity contribution in [2.24, 2.45) is 0 Å². The van der Waals surface area contributed by atoms with Gasteiger partial charge in [0, 0.05) is 6.20 Å². The summed E-state index contributed by atoms with van der Waals surface area (Å²) in [7, 11) is 0. The quantitative estimate of drug-likeness (QED) is 0.673. The number of hydrogen-bond acceptors (Lipinski definition) is 2. The summed E-state index contributed by atoms with van der Waals surface area (Å²) in [6.07, 6.45) is -1.98. The van der Waals surface area contributed by atoms with Crippen LogP contribution in [0.15, 0.2) is 42.6 Å². The Bertz CT molecular complexity index is 693. The molecule has 2 aromatic rings. The Kier molecular flexibility index (Phi) is 5.22. The van der Waals surface area contributed by atoms with Gasteiger partial charge in [-0.05, 0) is 30.7 Å². The minimum absolute atomic E-state index is 0.0776. The van der Waals surface area contributed by atoms with Gasteiger partial charge >= 0.3 is 6.18 Å². The van der Waals surface area contributed by atoms with E-state index in [1.54, 1.807) is 24.4 Å². The van der Waals surface area contributed by atoms with Crippen LogP contribution in [-0.4, -0.2) is 4.98 Å². The zero-order valence-electron chi connectivity index (χ0n) is 12.5. The van der Waals surface area contributed by atoms with Crippen molar-refractivity contribution < 1.29 is 17.9 Å². The Morgan fingerprint density at radius 1 is 1.26 bits per heavy atom. The van der Waals surface area contributed by atoms with E-state index in [-0.39, 0.29) is 5.75 Å². The molecule has 120 valence electrons. The van der Waals surface area contributed by atoms with Gasteiger partial charge in [0.05, 0.1) is 17.8 Å². The third kappa shape index (κ3) is 4.22. The van der Waals surface area contributed by atoms with Crippen LogP contribution in [0.25, 0.3) is 4.85 Å². The van der Waals surface area contributed by atoms with Crippen LogP contribution in [0, 0.1) is 6.57 Å². The molecule has 0 fully saturated rings. The van der Waals surface area contributed by atoms with E-state index in [0.717, 1.165) is 18.6 Å². The van der Waals surface area contributed by atoms with E-state index in [2.05, 4.69) is 9.83 Å². The summed E-state index contributed by atoms with van der Waals surface area (Å²) < 4.78 is 44.7. The van der Waals surface area contributed by atoms with Gasteiger partial charge in [0.25, 0.3) is 0 Å². The summed E-state index contributed by atoms with van der Waals surface area (Å²) in [5.74, 6) is 0.0776. The van der Waals surface area contributed by atoms with Crippen LogP contribution in [0.5, 0.6) is 5.75 Å². The molecule has 0 aliphatic heterocycles. The van der Waals surface area contributed by atoms with E-state index in [4.69, 9.17) is 11.3 Å². The van der Waals surface area contributed by atoms with Crippen molar-refractivity contribution in [3.63, 3.8) is 0 Å². The average molecular weight is 320 g/mol. The Labute approximate surface area is 132 Å². The summed E-state index contributed by atoms with van der Waals surface area (Å²) in [6, 6.07) is 8.73. The van der Waals surface area contributed by atoms with Crippen molar-refractivity contribution in [3.8, 4) is 5.75 Å². The Hall–Kier alpha value is -2.55. The van der Waals surface area contributed by atoms with Gasteiger partial charge < -0.3 is 4.74 Å². The number of halogens is 3. The molecule has 3 nitrogen and oxygen atoms in total. The largest absolute Gasteiger partial charge is 0.484 e. The number of nitrogens with zero attached hydrogens (tertiary/aromatic N) is 2. The van der Waals surface area contributed by atoms with Gasteiger partial charge in [0.15, 0.2) is 5.69 Å². The lowest BCUT2D eigenvalue weighted by Gasteiger charge is -2.19. The molecule has 0 aliphatic carbocycles. The van der Waals surface area contributed by atoms with Gasteiger partial charge in [-0.1, -0.05) is 25.5 Å². The molecular weight excluding hydrogens is 305 g/mol. The number of benzene rings is 1. The van der Waals surface area contributed by atoms with E-state index in [0.29, 0.717) is 12.1 Å². The van der Waals surface area contributed by atoms with Gasteiger partial charge in [0.2, 0.25) is 0 Å². The Morgan fingerprint density at radius 2 is 2.04 bits per heavy atom. The smallest absolute Gasteiger partial charge is 0.407 e. The summed E-state index contributed by atoms with van der Waals surface area (Å²) in [5.41, 5.74) is -0.756. The molecule has 0 N–H and O–H groups in total. The molecule has 6 heteroatoms. The van der Waals surface area contributed by atoms with Gasteiger partial charge in [-0.2, -0.15) is 13.2 Å². The molecule has 1 atom stereocenters. The monoisotopic (exact) mass is 320 g/mol. The van der Waals surface area contributed by atoms with Crippen molar-refractivity contribution in [2.45, 2.75) is 32.0 Å². The third-order valence-corrected chi connectivity index (χ3v) is 3.24. The highest BCUT2D eigenvalue weighted by Crippen LogP contribution is 2.39. The molecule has 0 radical (unpaired) electrons. The van der Waals surface area contributed by atoms with Gasteiger partial charge in [-0.3, -0.25) is 4.98 Å². The maximum Gasteiger partial charge on any atom is 0.407 e. The molecule has 0 saturated carbocycles. The standard InChI is InChI=1S/C17H15F3N2O/c1-3-6-16(15-7-4-5-10-22-15)23-12-8-9-14(21-2)13(11-12)17(18,19)20/h4-5,7-11,16H,3,6H2,1H3. The van der Waals surface area contributed by atoms with E-state index >= 15 is 0 Å². The van der Waals surface area contributed by atoms with Crippen LogP contribution in [0.3, 0.4) is 0 Å². The molecular formula is C17H15F3N2O. The zero-order chi connectivity index (χ0) is 16.9. The van der Waals surface area contributed by atoms with Crippen molar-refractivity contribution in [3.05, 3.63) is 65.3 Å².